The molecule has 1 aromatic rings. The molecule has 0 saturated carbocycles. The molecule has 0 saturated heterocycles. The zero-order valence-corrected chi connectivity index (χ0v) is 15.1. The van der Waals surface area contributed by atoms with E-state index in [1.165, 1.54) is 11.1 Å². The molecule has 4 nitrogen and oxygen atoms in total. The summed E-state index contributed by atoms with van der Waals surface area (Å²) in [5, 5.41) is 4.04. The minimum absolute atomic E-state index is 0.0319. The van der Waals surface area contributed by atoms with E-state index in [2.05, 4.69) is 44.3 Å². The van der Waals surface area contributed by atoms with Crippen LogP contribution >= 0.6 is 0 Å². The standard InChI is InChI=1S/C20H28N2O2/c1-15-5-7-16(8-6-15)13-21-22-19(23)14-24-18-11-9-17(10-12-18)20(2,3)4/h5,9-13,16H,6-8,14H2,1-4H3,(H,22,23)/b21-13+. The van der Waals surface area contributed by atoms with Crippen LogP contribution in [0.15, 0.2) is 41.0 Å². The highest BCUT2D eigenvalue weighted by Gasteiger charge is 2.13. The highest BCUT2D eigenvalue weighted by molar-refractivity contribution is 5.78. The van der Waals surface area contributed by atoms with Gasteiger partial charge in [-0.3, -0.25) is 4.79 Å². The number of nitrogens with one attached hydrogen (secondary N) is 1. The van der Waals surface area contributed by atoms with E-state index in [9.17, 15) is 4.79 Å². The molecule has 0 spiro atoms. The van der Waals surface area contributed by atoms with Crippen molar-refractivity contribution in [3.8, 4) is 5.75 Å². The third kappa shape index (κ3) is 5.84. The lowest BCUT2D eigenvalue weighted by Crippen LogP contribution is -2.25. The van der Waals surface area contributed by atoms with Gasteiger partial charge in [0.15, 0.2) is 6.61 Å². The summed E-state index contributed by atoms with van der Waals surface area (Å²) >= 11 is 0. The highest BCUT2D eigenvalue weighted by Crippen LogP contribution is 2.24. The second kappa shape index (κ2) is 8.13. The zero-order valence-electron chi connectivity index (χ0n) is 15.1. The van der Waals surface area contributed by atoms with Crippen molar-refractivity contribution in [2.24, 2.45) is 11.0 Å². The molecule has 0 bridgehead atoms. The topological polar surface area (TPSA) is 50.7 Å². The zero-order chi connectivity index (χ0) is 17.6. The van der Waals surface area contributed by atoms with Crippen molar-refractivity contribution in [3.63, 3.8) is 0 Å². The third-order valence-corrected chi connectivity index (χ3v) is 4.24. The van der Waals surface area contributed by atoms with E-state index in [0.29, 0.717) is 11.7 Å². The van der Waals surface area contributed by atoms with Crippen molar-refractivity contribution in [1.82, 2.24) is 5.43 Å². The first-order valence-electron chi connectivity index (χ1n) is 8.55. The summed E-state index contributed by atoms with van der Waals surface area (Å²) in [6.45, 7) is 8.61. The maximum absolute atomic E-state index is 11.8. The predicted octanol–water partition coefficient (Wildman–Crippen LogP) is 4.21. The minimum Gasteiger partial charge on any atom is -0.484 e. The van der Waals surface area contributed by atoms with E-state index in [4.69, 9.17) is 4.74 Å². The van der Waals surface area contributed by atoms with Gasteiger partial charge in [-0.05, 0) is 55.2 Å². The number of ether oxygens (including phenoxy) is 1. The van der Waals surface area contributed by atoms with Crippen LogP contribution in [0, 0.1) is 5.92 Å². The Morgan fingerprint density at radius 2 is 2.04 bits per heavy atom. The van der Waals surface area contributed by atoms with E-state index in [1.54, 1.807) is 0 Å². The first-order chi connectivity index (χ1) is 11.3. The van der Waals surface area contributed by atoms with Gasteiger partial charge in [0.05, 0.1) is 0 Å². The first kappa shape index (κ1) is 18.2. The molecule has 1 atom stereocenters. The summed E-state index contributed by atoms with van der Waals surface area (Å²) in [5.41, 5.74) is 5.32. The summed E-state index contributed by atoms with van der Waals surface area (Å²) in [5.74, 6) is 0.864. The van der Waals surface area contributed by atoms with Gasteiger partial charge in [-0.25, -0.2) is 5.43 Å². The van der Waals surface area contributed by atoms with Crippen molar-refractivity contribution in [2.45, 2.75) is 52.4 Å². The molecular formula is C20H28N2O2. The molecule has 0 radical (unpaired) electrons. The SMILES string of the molecule is CC1=CCC(/C=N/NC(=O)COc2ccc(C(C)(C)C)cc2)CC1. The van der Waals surface area contributed by atoms with Crippen LogP contribution in [0.3, 0.4) is 0 Å². The van der Waals surface area contributed by atoms with Gasteiger partial charge in [-0.15, -0.1) is 0 Å². The maximum Gasteiger partial charge on any atom is 0.277 e. The Balaban J connectivity index is 1.73. The predicted molar refractivity (Wildman–Crippen MR) is 98.4 cm³/mol. The van der Waals surface area contributed by atoms with E-state index in [-0.39, 0.29) is 17.9 Å². The van der Waals surface area contributed by atoms with E-state index in [1.807, 2.05) is 30.5 Å². The van der Waals surface area contributed by atoms with Gasteiger partial charge in [0.1, 0.15) is 5.75 Å². The van der Waals surface area contributed by atoms with Crippen LogP contribution in [0.1, 0.15) is 52.5 Å². The molecule has 1 amide bonds. The molecule has 2 rings (SSSR count). The number of carbonyl (C=O) groups excluding carboxylic acids is 1. The molecule has 1 aromatic carbocycles. The van der Waals surface area contributed by atoms with Gasteiger partial charge >= 0.3 is 0 Å². The van der Waals surface area contributed by atoms with Crippen molar-refractivity contribution in [3.05, 3.63) is 41.5 Å². The van der Waals surface area contributed by atoms with E-state index < -0.39 is 0 Å². The number of carbonyl (C=O) groups is 1. The molecule has 1 aliphatic rings. The number of hydrogen-bond donors (Lipinski definition) is 1. The second-order valence-electron chi connectivity index (χ2n) is 7.46. The van der Waals surface area contributed by atoms with Crippen molar-refractivity contribution in [2.75, 3.05) is 6.61 Å². The van der Waals surface area contributed by atoms with Gasteiger partial charge in [-0.1, -0.05) is 44.6 Å². The van der Waals surface area contributed by atoms with Crippen LogP contribution < -0.4 is 10.2 Å². The summed E-state index contributed by atoms with van der Waals surface area (Å²) in [7, 11) is 0. The Morgan fingerprint density at radius 3 is 2.62 bits per heavy atom. The summed E-state index contributed by atoms with van der Waals surface area (Å²) in [6, 6.07) is 7.86. The van der Waals surface area contributed by atoms with Gasteiger partial charge in [-0.2, -0.15) is 5.10 Å². The second-order valence-corrected chi connectivity index (χ2v) is 7.46. The van der Waals surface area contributed by atoms with Crippen LogP contribution in [0.5, 0.6) is 5.75 Å². The van der Waals surface area contributed by atoms with Crippen LogP contribution in [0.25, 0.3) is 0 Å². The Bertz CT molecular complexity index is 610. The molecule has 0 fully saturated rings. The monoisotopic (exact) mass is 328 g/mol. The number of benzene rings is 1. The number of hydrazone groups is 1. The van der Waals surface area contributed by atoms with Crippen LogP contribution in [-0.2, 0) is 10.2 Å². The summed E-state index contributed by atoms with van der Waals surface area (Å²) in [6.07, 6.45) is 7.28. The third-order valence-electron chi connectivity index (χ3n) is 4.24. The molecule has 4 heteroatoms. The Labute approximate surface area is 145 Å². The Hall–Kier alpha value is -2.10. The fourth-order valence-electron chi connectivity index (χ4n) is 2.57. The molecule has 1 N–H and O–H groups in total. The number of rotatable bonds is 5. The number of nitrogens with zero attached hydrogens (tertiary/aromatic N) is 1. The number of allylic oxidation sites excluding steroid dienone is 2. The van der Waals surface area contributed by atoms with Crippen molar-refractivity contribution in [1.29, 1.82) is 0 Å². The normalized spacial score (nSPS) is 18.3. The fourth-order valence-corrected chi connectivity index (χ4v) is 2.57. The van der Waals surface area contributed by atoms with Crippen molar-refractivity contribution >= 4 is 12.1 Å². The molecule has 0 heterocycles. The summed E-state index contributed by atoms with van der Waals surface area (Å²) < 4.78 is 5.50. The largest absolute Gasteiger partial charge is 0.484 e. The minimum atomic E-state index is -0.242. The molecule has 0 aliphatic heterocycles. The lowest BCUT2D eigenvalue weighted by molar-refractivity contribution is -0.123. The van der Waals surface area contributed by atoms with Gasteiger partial charge < -0.3 is 4.74 Å². The first-order valence-corrected chi connectivity index (χ1v) is 8.55. The molecule has 24 heavy (non-hydrogen) atoms. The molecule has 1 aliphatic carbocycles. The molecule has 0 aromatic heterocycles. The average molecular weight is 328 g/mol. The van der Waals surface area contributed by atoms with Crippen LogP contribution in [0.2, 0.25) is 0 Å². The summed E-state index contributed by atoms with van der Waals surface area (Å²) in [4.78, 5) is 11.8. The smallest absolute Gasteiger partial charge is 0.277 e. The fraction of sp³-hybridized carbons (Fsp3) is 0.500. The van der Waals surface area contributed by atoms with Gasteiger partial charge in [0.2, 0.25) is 0 Å². The molecule has 130 valence electrons. The average Bonchev–Trinajstić information content (AvgIpc) is 2.54. The van der Waals surface area contributed by atoms with Gasteiger partial charge in [0, 0.05) is 6.21 Å². The van der Waals surface area contributed by atoms with Crippen molar-refractivity contribution < 1.29 is 9.53 Å². The highest BCUT2D eigenvalue weighted by atomic mass is 16.5. The van der Waals surface area contributed by atoms with E-state index >= 15 is 0 Å². The maximum atomic E-state index is 11.8. The molecular weight excluding hydrogens is 300 g/mol. The van der Waals surface area contributed by atoms with Crippen LogP contribution in [0.4, 0.5) is 0 Å². The van der Waals surface area contributed by atoms with Gasteiger partial charge in [0.25, 0.3) is 5.91 Å². The lowest BCUT2D eigenvalue weighted by atomic mass is 9.87. The lowest BCUT2D eigenvalue weighted by Gasteiger charge is -2.19. The number of amides is 1. The Morgan fingerprint density at radius 1 is 1.33 bits per heavy atom. The quantitative estimate of drug-likeness (QED) is 0.500. The van der Waals surface area contributed by atoms with E-state index in [0.717, 1.165) is 19.3 Å². The molecule has 1 unspecified atom stereocenters. The van der Waals surface area contributed by atoms with Crippen LogP contribution in [-0.4, -0.2) is 18.7 Å². The number of hydrogen-bond acceptors (Lipinski definition) is 3. The Kier molecular flexibility index (Phi) is 6.18.